The molecule has 9 nitrogen and oxygen atoms in total. The molecule has 4 aromatic rings. The topological polar surface area (TPSA) is 100 Å². The molecule has 1 aromatic carbocycles. The third kappa shape index (κ3) is 3.45. The number of hydrogen-bond donors (Lipinski definition) is 1. The Balaban J connectivity index is 1.74. The number of aliphatic hydroxyl groups excluding tert-OH is 1. The maximum Gasteiger partial charge on any atom is 0.183 e. The lowest BCUT2D eigenvalue weighted by Gasteiger charge is -2.23. The lowest BCUT2D eigenvalue weighted by molar-refractivity contribution is -0.0367. The van der Waals surface area contributed by atoms with E-state index in [4.69, 9.17) is 14.6 Å². The standard InChI is InChI=1S/C22H24N6O3/c1-14(29)17-12-25-28(21(17)18-8-9-23-13-24-18)22-16-7-6-15(30-2)11-19(16)27(26-22)20-5-3-4-10-31-20/h6-9,11-14,20,29H,3-5,10H2,1-2H3. The molecule has 0 amide bonds. The summed E-state index contributed by atoms with van der Waals surface area (Å²) >= 11 is 0. The Morgan fingerprint density at radius 1 is 1.26 bits per heavy atom. The van der Waals surface area contributed by atoms with Gasteiger partial charge in [-0.25, -0.2) is 19.3 Å². The van der Waals surface area contributed by atoms with E-state index >= 15 is 0 Å². The zero-order chi connectivity index (χ0) is 21.4. The number of aliphatic hydroxyl groups is 1. The summed E-state index contributed by atoms with van der Waals surface area (Å²) in [5.74, 6) is 1.39. The molecule has 0 saturated carbocycles. The van der Waals surface area contributed by atoms with Crippen LogP contribution in [0.4, 0.5) is 0 Å². The van der Waals surface area contributed by atoms with Gasteiger partial charge in [-0.15, -0.1) is 5.10 Å². The summed E-state index contributed by atoms with van der Waals surface area (Å²) in [5.41, 5.74) is 2.92. The van der Waals surface area contributed by atoms with Gasteiger partial charge in [0.25, 0.3) is 0 Å². The largest absolute Gasteiger partial charge is 0.497 e. The smallest absolute Gasteiger partial charge is 0.183 e. The molecule has 160 valence electrons. The van der Waals surface area contributed by atoms with E-state index in [-0.39, 0.29) is 6.23 Å². The number of methoxy groups -OCH3 is 1. The molecular weight excluding hydrogens is 396 g/mol. The highest BCUT2D eigenvalue weighted by Crippen LogP contribution is 2.35. The highest BCUT2D eigenvalue weighted by atomic mass is 16.5. The molecule has 1 fully saturated rings. The van der Waals surface area contributed by atoms with Gasteiger partial charge in [-0.05, 0) is 44.4 Å². The fourth-order valence-corrected chi connectivity index (χ4v) is 4.03. The normalized spacial score (nSPS) is 17.7. The molecule has 1 N–H and O–H groups in total. The van der Waals surface area contributed by atoms with E-state index in [1.807, 2.05) is 22.9 Å². The molecular formula is C22H24N6O3. The summed E-state index contributed by atoms with van der Waals surface area (Å²) in [6.45, 7) is 2.43. The van der Waals surface area contributed by atoms with Crippen LogP contribution in [-0.4, -0.2) is 48.4 Å². The van der Waals surface area contributed by atoms with Gasteiger partial charge in [0.15, 0.2) is 12.0 Å². The van der Waals surface area contributed by atoms with E-state index in [1.54, 1.807) is 37.2 Å². The van der Waals surface area contributed by atoms with Gasteiger partial charge in [0.1, 0.15) is 17.8 Å². The minimum Gasteiger partial charge on any atom is -0.497 e. The summed E-state index contributed by atoms with van der Waals surface area (Å²) in [4.78, 5) is 8.41. The second kappa shape index (κ2) is 8.09. The van der Waals surface area contributed by atoms with Gasteiger partial charge < -0.3 is 14.6 Å². The molecule has 2 atom stereocenters. The zero-order valence-electron chi connectivity index (χ0n) is 17.5. The summed E-state index contributed by atoms with van der Waals surface area (Å²) < 4.78 is 15.1. The van der Waals surface area contributed by atoms with Crippen LogP contribution in [-0.2, 0) is 4.74 Å². The van der Waals surface area contributed by atoms with Crippen LogP contribution in [0.25, 0.3) is 28.1 Å². The highest BCUT2D eigenvalue weighted by Gasteiger charge is 2.26. The Kier molecular flexibility index (Phi) is 5.13. The highest BCUT2D eigenvalue weighted by molar-refractivity contribution is 5.88. The molecule has 0 bridgehead atoms. The second-order valence-electron chi connectivity index (χ2n) is 7.60. The van der Waals surface area contributed by atoms with Gasteiger partial charge in [0.2, 0.25) is 0 Å². The summed E-state index contributed by atoms with van der Waals surface area (Å²) in [6.07, 6.45) is 6.99. The van der Waals surface area contributed by atoms with Crippen LogP contribution in [0.3, 0.4) is 0 Å². The molecule has 5 rings (SSSR count). The van der Waals surface area contributed by atoms with E-state index in [0.717, 1.165) is 35.9 Å². The van der Waals surface area contributed by atoms with Crippen molar-refractivity contribution in [2.75, 3.05) is 13.7 Å². The van der Waals surface area contributed by atoms with Crippen molar-refractivity contribution < 1.29 is 14.6 Å². The van der Waals surface area contributed by atoms with Crippen LogP contribution >= 0.6 is 0 Å². The third-order valence-electron chi connectivity index (χ3n) is 5.60. The minimum atomic E-state index is -0.714. The minimum absolute atomic E-state index is 0.147. The monoisotopic (exact) mass is 420 g/mol. The number of hydrogen-bond acceptors (Lipinski definition) is 7. The molecule has 0 radical (unpaired) electrons. The van der Waals surface area contributed by atoms with Crippen LogP contribution in [0.1, 0.15) is 44.1 Å². The Labute approximate surface area is 179 Å². The molecule has 3 aromatic heterocycles. The van der Waals surface area contributed by atoms with E-state index in [1.165, 1.54) is 6.33 Å². The Morgan fingerprint density at radius 3 is 2.87 bits per heavy atom. The van der Waals surface area contributed by atoms with Crippen LogP contribution in [0.2, 0.25) is 0 Å². The number of aromatic nitrogens is 6. The Bertz CT molecular complexity index is 1190. The van der Waals surface area contributed by atoms with E-state index in [0.29, 0.717) is 29.4 Å². The lowest BCUT2D eigenvalue weighted by atomic mass is 10.1. The fraction of sp³-hybridized carbons (Fsp3) is 0.364. The maximum atomic E-state index is 10.4. The molecule has 31 heavy (non-hydrogen) atoms. The summed E-state index contributed by atoms with van der Waals surface area (Å²) in [6, 6.07) is 7.64. The fourth-order valence-electron chi connectivity index (χ4n) is 4.03. The van der Waals surface area contributed by atoms with Crippen molar-refractivity contribution in [3.63, 3.8) is 0 Å². The molecule has 4 heterocycles. The Hall–Kier alpha value is -3.30. The molecule has 0 spiro atoms. The first-order valence-electron chi connectivity index (χ1n) is 10.4. The van der Waals surface area contributed by atoms with E-state index in [2.05, 4.69) is 15.1 Å². The first-order valence-corrected chi connectivity index (χ1v) is 10.4. The number of fused-ring (bicyclic) bond motifs is 1. The third-order valence-corrected chi connectivity index (χ3v) is 5.60. The molecule has 1 aliphatic rings. The van der Waals surface area contributed by atoms with E-state index in [9.17, 15) is 5.11 Å². The van der Waals surface area contributed by atoms with Crippen molar-refractivity contribution in [3.05, 3.63) is 48.5 Å². The first-order chi connectivity index (χ1) is 15.2. The van der Waals surface area contributed by atoms with Gasteiger partial charge in [-0.3, -0.25) is 0 Å². The van der Waals surface area contributed by atoms with Crippen LogP contribution in [0.15, 0.2) is 43.0 Å². The number of rotatable bonds is 5. The van der Waals surface area contributed by atoms with Crippen LogP contribution in [0.5, 0.6) is 5.75 Å². The lowest BCUT2D eigenvalue weighted by Crippen LogP contribution is -2.19. The van der Waals surface area contributed by atoms with Gasteiger partial charge in [0, 0.05) is 29.8 Å². The predicted molar refractivity (Wildman–Crippen MR) is 114 cm³/mol. The zero-order valence-corrected chi connectivity index (χ0v) is 17.5. The number of ether oxygens (including phenoxy) is 2. The molecule has 9 heteroatoms. The van der Waals surface area contributed by atoms with E-state index < -0.39 is 6.10 Å². The molecule has 1 saturated heterocycles. The average Bonchev–Trinajstić information content (AvgIpc) is 3.41. The van der Waals surface area contributed by atoms with Crippen molar-refractivity contribution >= 4 is 10.9 Å². The van der Waals surface area contributed by atoms with Gasteiger partial charge in [-0.1, -0.05) is 0 Å². The van der Waals surface area contributed by atoms with Crippen molar-refractivity contribution in [2.24, 2.45) is 0 Å². The second-order valence-corrected chi connectivity index (χ2v) is 7.60. The molecule has 0 aliphatic carbocycles. The van der Waals surface area contributed by atoms with Crippen molar-refractivity contribution in [3.8, 4) is 23.0 Å². The van der Waals surface area contributed by atoms with Gasteiger partial charge >= 0.3 is 0 Å². The summed E-state index contributed by atoms with van der Waals surface area (Å²) in [7, 11) is 1.65. The van der Waals surface area contributed by atoms with Crippen molar-refractivity contribution in [1.82, 2.24) is 29.5 Å². The number of nitrogens with zero attached hydrogens (tertiary/aromatic N) is 6. The van der Waals surface area contributed by atoms with Crippen LogP contribution in [0, 0.1) is 0 Å². The SMILES string of the molecule is COc1ccc2c(-n3ncc(C(C)O)c3-c3ccncn3)nn(C3CCCCO3)c2c1. The summed E-state index contributed by atoms with van der Waals surface area (Å²) in [5, 5.41) is 20.8. The average molecular weight is 420 g/mol. The molecule has 2 unspecified atom stereocenters. The quantitative estimate of drug-likeness (QED) is 0.528. The Morgan fingerprint density at radius 2 is 2.16 bits per heavy atom. The van der Waals surface area contributed by atoms with Crippen LogP contribution < -0.4 is 4.74 Å². The van der Waals surface area contributed by atoms with Gasteiger partial charge in [-0.2, -0.15) is 5.10 Å². The maximum absolute atomic E-state index is 10.4. The van der Waals surface area contributed by atoms with Crippen molar-refractivity contribution in [1.29, 1.82) is 0 Å². The predicted octanol–water partition coefficient (Wildman–Crippen LogP) is 3.44. The molecule has 1 aliphatic heterocycles. The van der Waals surface area contributed by atoms with Crippen molar-refractivity contribution in [2.45, 2.75) is 38.5 Å². The first kappa shape index (κ1) is 19.7. The number of benzene rings is 1. The van der Waals surface area contributed by atoms with Gasteiger partial charge in [0.05, 0.1) is 30.6 Å².